The fourth-order valence-electron chi connectivity index (χ4n) is 5.82. The van der Waals surface area contributed by atoms with Crippen molar-refractivity contribution < 1.29 is 41.9 Å². The number of benzene rings is 4. The van der Waals surface area contributed by atoms with Gasteiger partial charge in [0.15, 0.2) is 0 Å². The van der Waals surface area contributed by atoms with Gasteiger partial charge in [-0.1, -0.05) is 42.5 Å². The summed E-state index contributed by atoms with van der Waals surface area (Å²) < 4.78 is 40.0. The number of imidazole rings is 2. The number of aryl methyl sites for hydroxylation is 1. The number of nitrogens with one attached hydrogen (secondary N) is 3. The van der Waals surface area contributed by atoms with E-state index in [2.05, 4.69) is 25.0 Å². The minimum Gasteiger partial charge on any atom is -0.465 e. The Labute approximate surface area is 314 Å². The van der Waals surface area contributed by atoms with Crippen LogP contribution in [0.2, 0.25) is 0 Å². The Hall–Kier alpha value is -6.88. The number of aromatic nitrogens is 4. The molecule has 6 aromatic rings. The summed E-state index contributed by atoms with van der Waals surface area (Å²) in [4.78, 5) is 75.6. The minimum absolute atomic E-state index is 0.113. The average molecular weight is 766 g/mol. The molecular formula is C38H35N7O9S. The predicted molar refractivity (Wildman–Crippen MR) is 198 cm³/mol. The van der Waals surface area contributed by atoms with Crippen LogP contribution in [0.15, 0.2) is 95.9 Å². The second-order valence-corrected chi connectivity index (χ2v) is 14.1. The molecule has 16 nitrogen and oxygen atoms in total. The number of amides is 3. The van der Waals surface area contributed by atoms with Gasteiger partial charge in [0.05, 0.1) is 41.2 Å². The number of H-pyrrole nitrogens is 1. The summed E-state index contributed by atoms with van der Waals surface area (Å²) >= 11 is 0. The van der Waals surface area contributed by atoms with Gasteiger partial charge in [0.2, 0.25) is 11.8 Å². The maximum Gasteiger partial charge on any atom is 0.339 e. The Balaban J connectivity index is 1.18. The highest BCUT2D eigenvalue weighted by atomic mass is 32.2. The third kappa shape index (κ3) is 8.68. The molecule has 0 spiro atoms. The maximum absolute atomic E-state index is 13.6. The molecule has 17 heteroatoms. The fourth-order valence-corrected chi connectivity index (χ4v) is 7.03. The number of esters is 2. The van der Waals surface area contributed by atoms with Crippen LogP contribution in [0.25, 0.3) is 22.1 Å². The van der Waals surface area contributed by atoms with E-state index in [4.69, 9.17) is 10.5 Å². The first kappa shape index (κ1) is 37.9. The normalized spacial score (nSPS) is 11.9. The number of aromatic amines is 1. The second-order valence-electron chi connectivity index (χ2n) is 12.4. The SMILES string of the molecule is COC(=O)c1ccccc1S(=O)(=O)NC(=O)CC[C@H](NC(=O)c1ccc2nc(Cc3nc4ccc(C(N)=O)cc4[nH]3)n(C)c2c1)C(=O)OCc1ccccc1. The number of hydrogen-bond donors (Lipinski definition) is 4. The van der Waals surface area contributed by atoms with Crippen LogP contribution in [0.4, 0.5) is 0 Å². The standard InChI is InChI=1S/C38H35N7O9S/c1-45-30-19-24(13-15-27(30)42-33(45)20-32-40-26-14-12-23(35(39)47)18-29(26)41-32)36(48)43-28(38(50)54-21-22-8-4-3-5-9-22)16-17-34(46)44-55(51,52)31-11-7-6-10-25(31)37(49)53-2/h3-15,18-19,28H,16-17,20-21H2,1-2H3,(H2,39,47)(H,40,41)(H,43,48)(H,44,46)/t28-/m0/s1. The molecule has 0 radical (unpaired) electrons. The van der Waals surface area contributed by atoms with Gasteiger partial charge in [0.1, 0.15) is 29.2 Å². The van der Waals surface area contributed by atoms with E-state index in [1.807, 2.05) is 4.72 Å². The Bertz CT molecular complexity index is 2570. The number of ether oxygens (including phenoxy) is 2. The average Bonchev–Trinajstić information content (AvgIpc) is 3.73. The van der Waals surface area contributed by atoms with Gasteiger partial charge in [-0.15, -0.1) is 0 Å². The summed E-state index contributed by atoms with van der Waals surface area (Å²) in [6.45, 7) is -0.113. The number of nitrogens with zero attached hydrogens (tertiary/aromatic N) is 3. The molecule has 0 saturated heterocycles. The van der Waals surface area contributed by atoms with Gasteiger partial charge < -0.3 is 30.1 Å². The number of hydrogen-bond acceptors (Lipinski definition) is 11. The lowest BCUT2D eigenvalue weighted by Crippen LogP contribution is -2.43. The van der Waals surface area contributed by atoms with Gasteiger partial charge in [-0.2, -0.15) is 0 Å². The van der Waals surface area contributed by atoms with Crippen molar-refractivity contribution in [3.05, 3.63) is 125 Å². The number of rotatable bonds is 14. The van der Waals surface area contributed by atoms with Crippen molar-refractivity contribution in [1.29, 1.82) is 0 Å². The molecule has 0 fully saturated rings. The van der Waals surface area contributed by atoms with Gasteiger partial charge in [-0.3, -0.25) is 14.4 Å². The van der Waals surface area contributed by atoms with Crippen LogP contribution < -0.4 is 15.8 Å². The quantitative estimate of drug-likeness (QED) is 0.118. The highest BCUT2D eigenvalue weighted by molar-refractivity contribution is 7.90. The highest BCUT2D eigenvalue weighted by Gasteiger charge is 2.28. The molecule has 0 bridgehead atoms. The number of carbonyl (C=O) groups excluding carboxylic acids is 5. The smallest absolute Gasteiger partial charge is 0.339 e. The summed E-state index contributed by atoms with van der Waals surface area (Å²) in [5, 5.41) is 2.63. The van der Waals surface area contributed by atoms with Crippen molar-refractivity contribution in [3.63, 3.8) is 0 Å². The zero-order chi connectivity index (χ0) is 39.3. The number of primary amides is 1. The van der Waals surface area contributed by atoms with Crippen LogP contribution >= 0.6 is 0 Å². The van der Waals surface area contributed by atoms with Crippen molar-refractivity contribution in [2.75, 3.05) is 7.11 Å². The molecule has 55 heavy (non-hydrogen) atoms. The van der Waals surface area contributed by atoms with Crippen molar-refractivity contribution in [3.8, 4) is 0 Å². The molecule has 0 aliphatic rings. The van der Waals surface area contributed by atoms with Crippen LogP contribution in [-0.2, 0) is 49.2 Å². The van der Waals surface area contributed by atoms with E-state index in [-0.39, 0.29) is 24.2 Å². The largest absolute Gasteiger partial charge is 0.465 e. The molecule has 2 heterocycles. The molecule has 0 aliphatic heterocycles. The number of methoxy groups -OCH3 is 1. The first-order chi connectivity index (χ1) is 26.3. The predicted octanol–water partition coefficient (Wildman–Crippen LogP) is 3.05. The number of carbonyl (C=O) groups is 5. The van der Waals surface area contributed by atoms with Crippen LogP contribution in [-0.4, -0.2) is 70.7 Å². The molecule has 282 valence electrons. The van der Waals surface area contributed by atoms with Crippen LogP contribution in [0.5, 0.6) is 0 Å². The lowest BCUT2D eigenvalue weighted by atomic mass is 10.1. The van der Waals surface area contributed by atoms with Gasteiger partial charge >= 0.3 is 11.9 Å². The molecule has 0 saturated carbocycles. The van der Waals surface area contributed by atoms with Crippen LogP contribution in [0.1, 0.15) is 61.1 Å². The molecule has 0 unspecified atom stereocenters. The van der Waals surface area contributed by atoms with Crippen LogP contribution in [0, 0.1) is 0 Å². The topological polar surface area (TPSA) is 235 Å². The Morgan fingerprint density at radius 2 is 1.60 bits per heavy atom. The summed E-state index contributed by atoms with van der Waals surface area (Å²) in [5.74, 6) is -2.74. The number of sulfonamides is 1. The maximum atomic E-state index is 13.6. The van der Waals surface area contributed by atoms with E-state index in [0.717, 1.165) is 13.2 Å². The molecule has 5 N–H and O–H groups in total. The van der Waals surface area contributed by atoms with Crippen molar-refractivity contribution in [2.24, 2.45) is 12.8 Å². The summed E-state index contributed by atoms with van der Waals surface area (Å²) in [6.07, 6.45) is -0.536. The van der Waals surface area contributed by atoms with Crippen molar-refractivity contribution in [1.82, 2.24) is 29.6 Å². The first-order valence-corrected chi connectivity index (χ1v) is 18.3. The Kier molecular flexibility index (Phi) is 11.0. The first-order valence-electron chi connectivity index (χ1n) is 16.8. The summed E-state index contributed by atoms with van der Waals surface area (Å²) in [7, 11) is -1.64. The number of fused-ring (bicyclic) bond motifs is 2. The highest BCUT2D eigenvalue weighted by Crippen LogP contribution is 2.21. The van der Waals surface area contributed by atoms with E-state index in [9.17, 15) is 32.4 Å². The zero-order valence-corrected chi connectivity index (χ0v) is 30.4. The van der Waals surface area contributed by atoms with Gasteiger partial charge in [0.25, 0.3) is 15.9 Å². The third-order valence-electron chi connectivity index (χ3n) is 8.68. The lowest BCUT2D eigenvalue weighted by Gasteiger charge is -2.18. The zero-order valence-electron chi connectivity index (χ0n) is 29.6. The van der Waals surface area contributed by atoms with Crippen molar-refractivity contribution in [2.45, 2.75) is 36.8 Å². The fraction of sp³-hybridized carbons (Fsp3) is 0.184. The summed E-state index contributed by atoms with van der Waals surface area (Å²) in [5.41, 5.74) is 8.83. The molecule has 3 amide bonds. The molecule has 6 rings (SSSR count). The van der Waals surface area contributed by atoms with Crippen molar-refractivity contribution >= 4 is 61.8 Å². The van der Waals surface area contributed by atoms with E-state index >= 15 is 0 Å². The Morgan fingerprint density at radius 3 is 2.35 bits per heavy atom. The van der Waals surface area contributed by atoms with E-state index in [0.29, 0.717) is 51.3 Å². The third-order valence-corrected chi connectivity index (χ3v) is 10.1. The minimum atomic E-state index is -4.52. The molecule has 1 atom stereocenters. The van der Waals surface area contributed by atoms with E-state index < -0.39 is 57.0 Å². The van der Waals surface area contributed by atoms with Gasteiger partial charge in [0, 0.05) is 24.6 Å². The molecule has 2 aromatic heterocycles. The summed E-state index contributed by atoms with van der Waals surface area (Å²) in [6, 6.07) is 22.4. The number of nitrogens with two attached hydrogens (primary N) is 1. The second kappa shape index (κ2) is 16.0. The lowest BCUT2D eigenvalue weighted by molar-refractivity contribution is -0.147. The van der Waals surface area contributed by atoms with Crippen LogP contribution in [0.3, 0.4) is 0 Å². The monoisotopic (exact) mass is 765 g/mol. The molecular weight excluding hydrogens is 731 g/mol. The van der Waals surface area contributed by atoms with Gasteiger partial charge in [-0.25, -0.2) is 32.7 Å². The van der Waals surface area contributed by atoms with Gasteiger partial charge in [-0.05, 0) is 60.5 Å². The molecule has 4 aromatic carbocycles. The Morgan fingerprint density at radius 1 is 0.891 bits per heavy atom. The van der Waals surface area contributed by atoms with E-state index in [1.165, 1.54) is 24.3 Å². The molecule has 0 aliphatic carbocycles. The van der Waals surface area contributed by atoms with E-state index in [1.54, 1.807) is 72.3 Å².